The highest BCUT2D eigenvalue weighted by Gasteiger charge is 2.43. The van der Waals surface area contributed by atoms with Crippen LogP contribution in [0.3, 0.4) is 0 Å². The van der Waals surface area contributed by atoms with Crippen molar-refractivity contribution in [2.24, 2.45) is 5.73 Å². The predicted octanol–water partition coefficient (Wildman–Crippen LogP) is 0.741. The van der Waals surface area contributed by atoms with Crippen molar-refractivity contribution < 1.29 is 4.74 Å². The Morgan fingerprint density at radius 3 is 2.77 bits per heavy atom. The highest BCUT2D eigenvalue weighted by molar-refractivity contribution is 5.35. The second-order valence-corrected chi connectivity index (χ2v) is 3.50. The molecule has 0 bridgehead atoms. The molecule has 0 aromatic carbocycles. The number of nitrogens with zero attached hydrogens (tertiary/aromatic N) is 2. The van der Waals surface area contributed by atoms with Crippen LogP contribution >= 0.6 is 0 Å². The molecule has 70 valence electrons. The third kappa shape index (κ3) is 1.37. The Kier molecular flexibility index (Phi) is 1.73. The Balaban J connectivity index is 2.45. The number of hydrogen-bond donors (Lipinski definition) is 1. The Hall–Kier alpha value is -1.16. The number of hydrogen-bond acceptors (Lipinski definition) is 4. The van der Waals surface area contributed by atoms with Crippen molar-refractivity contribution in [3.05, 3.63) is 17.6 Å². The van der Waals surface area contributed by atoms with Crippen LogP contribution in [0, 0.1) is 6.92 Å². The van der Waals surface area contributed by atoms with Crippen molar-refractivity contribution in [3.63, 3.8) is 0 Å². The van der Waals surface area contributed by atoms with E-state index in [-0.39, 0.29) is 5.54 Å². The molecule has 0 atom stereocenters. The van der Waals surface area contributed by atoms with Crippen LogP contribution in [0.5, 0.6) is 5.88 Å². The number of nitrogens with two attached hydrogens (primary N) is 1. The molecule has 0 radical (unpaired) electrons. The smallest absolute Gasteiger partial charge is 0.221 e. The van der Waals surface area contributed by atoms with E-state index in [1.54, 1.807) is 13.3 Å². The normalized spacial score (nSPS) is 18.4. The molecule has 13 heavy (non-hydrogen) atoms. The first-order valence-corrected chi connectivity index (χ1v) is 4.33. The van der Waals surface area contributed by atoms with Gasteiger partial charge in [0.2, 0.25) is 5.88 Å². The van der Waals surface area contributed by atoms with Crippen LogP contribution in [0.4, 0.5) is 0 Å². The van der Waals surface area contributed by atoms with E-state index >= 15 is 0 Å². The van der Waals surface area contributed by atoms with E-state index in [4.69, 9.17) is 10.5 Å². The van der Waals surface area contributed by atoms with Crippen LogP contribution in [0.15, 0.2) is 6.20 Å². The van der Waals surface area contributed by atoms with Crippen LogP contribution in [0.25, 0.3) is 0 Å². The summed E-state index contributed by atoms with van der Waals surface area (Å²) in [4.78, 5) is 8.31. The van der Waals surface area contributed by atoms with Crippen molar-refractivity contribution in [2.45, 2.75) is 25.3 Å². The first-order chi connectivity index (χ1) is 6.15. The molecular weight excluding hydrogens is 166 g/mol. The van der Waals surface area contributed by atoms with Crippen LogP contribution < -0.4 is 10.5 Å². The molecule has 1 saturated carbocycles. The van der Waals surface area contributed by atoms with Gasteiger partial charge in [-0.25, -0.2) is 4.98 Å². The van der Waals surface area contributed by atoms with Gasteiger partial charge >= 0.3 is 0 Å². The number of aryl methyl sites for hydroxylation is 1. The zero-order valence-electron chi connectivity index (χ0n) is 7.87. The summed E-state index contributed by atoms with van der Waals surface area (Å²) in [5, 5.41) is 0. The lowest BCUT2D eigenvalue weighted by molar-refractivity contribution is 0.384. The fourth-order valence-electron chi connectivity index (χ4n) is 1.35. The van der Waals surface area contributed by atoms with Crippen LogP contribution in [0.1, 0.15) is 24.2 Å². The fourth-order valence-corrected chi connectivity index (χ4v) is 1.35. The second-order valence-electron chi connectivity index (χ2n) is 3.50. The first-order valence-electron chi connectivity index (χ1n) is 4.33. The van der Waals surface area contributed by atoms with Gasteiger partial charge in [-0.05, 0) is 19.8 Å². The molecule has 1 aromatic rings. The summed E-state index contributed by atoms with van der Waals surface area (Å²) in [7, 11) is 1.61. The molecule has 4 nitrogen and oxygen atoms in total. The van der Waals surface area contributed by atoms with E-state index in [9.17, 15) is 0 Å². The molecule has 2 N–H and O–H groups in total. The summed E-state index contributed by atoms with van der Waals surface area (Å²) in [5.74, 6) is 1.33. The van der Waals surface area contributed by atoms with Crippen LogP contribution in [0.2, 0.25) is 0 Å². The number of aromatic nitrogens is 2. The molecule has 0 unspecified atom stereocenters. The summed E-state index contributed by atoms with van der Waals surface area (Å²) < 4.78 is 5.16. The van der Waals surface area contributed by atoms with Crippen LogP contribution in [-0.4, -0.2) is 17.1 Å². The average Bonchev–Trinajstić information content (AvgIpc) is 2.84. The summed E-state index contributed by atoms with van der Waals surface area (Å²) in [6.07, 6.45) is 3.76. The van der Waals surface area contributed by atoms with Gasteiger partial charge in [-0.2, -0.15) is 4.98 Å². The quantitative estimate of drug-likeness (QED) is 0.727. The molecule has 0 amide bonds. The molecule has 4 heteroatoms. The third-order valence-electron chi connectivity index (χ3n) is 2.39. The highest BCUT2D eigenvalue weighted by Crippen LogP contribution is 2.45. The van der Waals surface area contributed by atoms with Gasteiger partial charge in [0, 0.05) is 11.7 Å². The molecule has 0 spiro atoms. The molecule has 1 aromatic heterocycles. The van der Waals surface area contributed by atoms with Crippen LogP contribution in [-0.2, 0) is 5.54 Å². The zero-order chi connectivity index (χ0) is 9.47. The second kappa shape index (κ2) is 2.67. The van der Waals surface area contributed by atoms with Gasteiger partial charge in [-0.3, -0.25) is 0 Å². The van der Waals surface area contributed by atoms with Gasteiger partial charge in [0.1, 0.15) is 5.82 Å². The summed E-state index contributed by atoms with van der Waals surface area (Å²) in [5.41, 5.74) is 6.74. The van der Waals surface area contributed by atoms with Crippen molar-refractivity contribution in [1.82, 2.24) is 9.97 Å². The minimum Gasteiger partial charge on any atom is -0.481 e. The maximum absolute atomic E-state index is 6.03. The van der Waals surface area contributed by atoms with Crippen molar-refractivity contribution >= 4 is 0 Å². The van der Waals surface area contributed by atoms with Gasteiger partial charge in [-0.1, -0.05) is 0 Å². The average molecular weight is 179 g/mol. The number of rotatable bonds is 2. The Bertz CT molecular complexity index is 334. The standard InChI is InChI=1S/C9H13N3O/c1-6-11-5-7(8(12-6)13-2)9(10)3-4-9/h5H,3-4,10H2,1-2H3. The lowest BCUT2D eigenvalue weighted by Gasteiger charge is -2.12. The minimum atomic E-state index is -0.223. The molecule has 0 aliphatic heterocycles. The van der Waals surface area contributed by atoms with Gasteiger partial charge in [-0.15, -0.1) is 0 Å². The maximum Gasteiger partial charge on any atom is 0.221 e. The van der Waals surface area contributed by atoms with E-state index < -0.39 is 0 Å². The SMILES string of the molecule is COc1nc(C)ncc1C1(N)CC1. The Morgan fingerprint density at radius 1 is 1.54 bits per heavy atom. The molecule has 1 heterocycles. The largest absolute Gasteiger partial charge is 0.481 e. The van der Waals surface area contributed by atoms with E-state index in [1.165, 1.54) is 0 Å². The van der Waals surface area contributed by atoms with Gasteiger partial charge in [0.25, 0.3) is 0 Å². The summed E-state index contributed by atoms with van der Waals surface area (Å²) in [6, 6.07) is 0. The lowest BCUT2D eigenvalue weighted by atomic mass is 10.1. The van der Waals surface area contributed by atoms with E-state index in [0.717, 1.165) is 18.4 Å². The van der Waals surface area contributed by atoms with E-state index in [2.05, 4.69) is 9.97 Å². The first kappa shape index (κ1) is 8.44. The molecule has 2 rings (SSSR count). The monoisotopic (exact) mass is 179 g/mol. The van der Waals surface area contributed by atoms with Gasteiger partial charge in [0.05, 0.1) is 12.7 Å². The van der Waals surface area contributed by atoms with E-state index in [1.807, 2.05) is 6.92 Å². The summed E-state index contributed by atoms with van der Waals surface area (Å²) >= 11 is 0. The third-order valence-corrected chi connectivity index (χ3v) is 2.39. The number of methoxy groups -OCH3 is 1. The molecule has 1 aliphatic carbocycles. The Morgan fingerprint density at radius 2 is 2.23 bits per heavy atom. The van der Waals surface area contributed by atoms with Crippen molar-refractivity contribution in [1.29, 1.82) is 0 Å². The molecule has 1 fully saturated rings. The number of ether oxygens (including phenoxy) is 1. The lowest BCUT2D eigenvalue weighted by Crippen LogP contribution is -2.20. The molecule has 0 saturated heterocycles. The summed E-state index contributed by atoms with van der Waals surface area (Å²) in [6.45, 7) is 1.84. The minimum absolute atomic E-state index is 0.223. The zero-order valence-corrected chi connectivity index (χ0v) is 7.87. The molecule has 1 aliphatic rings. The van der Waals surface area contributed by atoms with Crippen molar-refractivity contribution in [3.8, 4) is 5.88 Å². The topological polar surface area (TPSA) is 61.0 Å². The van der Waals surface area contributed by atoms with Gasteiger partial charge < -0.3 is 10.5 Å². The highest BCUT2D eigenvalue weighted by atomic mass is 16.5. The maximum atomic E-state index is 6.03. The predicted molar refractivity (Wildman–Crippen MR) is 48.4 cm³/mol. The molecular formula is C9H13N3O. The Labute approximate surface area is 77.1 Å². The van der Waals surface area contributed by atoms with E-state index in [0.29, 0.717) is 11.7 Å². The fraction of sp³-hybridized carbons (Fsp3) is 0.556. The van der Waals surface area contributed by atoms with Crippen molar-refractivity contribution in [2.75, 3.05) is 7.11 Å². The van der Waals surface area contributed by atoms with Gasteiger partial charge in [0.15, 0.2) is 0 Å².